The summed E-state index contributed by atoms with van der Waals surface area (Å²) in [6.07, 6.45) is 8.27. The minimum Gasteiger partial charge on any atom is -0.494 e. The summed E-state index contributed by atoms with van der Waals surface area (Å²) in [5.41, 5.74) is 7.39. The van der Waals surface area contributed by atoms with Crippen LogP contribution in [-0.2, 0) is 6.54 Å². The highest BCUT2D eigenvalue weighted by atomic mass is 16.5. The standard InChI is InChI=1S/C24H34N6O2/c1-2-32-20-10-6-7-18(15-20)16-26-23(31)21-17-27-24(28-22(21)25)30-13-11-29(12-14-30)19-8-4-3-5-9-19/h6-7,10,15,17,19H,2-5,8-9,11-14,16H2,1H3,(H,26,31)(H2,25,27,28). The number of hydrogen-bond donors (Lipinski definition) is 2. The maximum Gasteiger partial charge on any atom is 0.256 e. The quantitative estimate of drug-likeness (QED) is 0.686. The summed E-state index contributed by atoms with van der Waals surface area (Å²) < 4.78 is 5.51. The Kier molecular flexibility index (Phi) is 7.42. The average Bonchev–Trinajstić information content (AvgIpc) is 2.84. The zero-order valence-electron chi connectivity index (χ0n) is 18.9. The second-order valence-corrected chi connectivity index (χ2v) is 8.55. The van der Waals surface area contributed by atoms with Crippen molar-refractivity contribution >= 4 is 17.7 Å². The molecule has 2 fully saturated rings. The Labute approximate surface area is 190 Å². The van der Waals surface area contributed by atoms with Gasteiger partial charge < -0.3 is 20.7 Å². The first kappa shape index (κ1) is 22.3. The molecule has 8 heteroatoms. The van der Waals surface area contributed by atoms with E-state index in [1.807, 2.05) is 31.2 Å². The first-order valence-electron chi connectivity index (χ1n) is 11.8. The van der Waals surface area contributed by atoms with E-state index >= 15 is 0 Å². The molecule has 2 aromatic rings. The molecule has 4 rings (SSSR count). The van der Waals surface area contributed by atoms with Crippen LogP contribution in [0.4, 0.5) is 11.8 Å². The van der Waals surface area contributed by atoms with Gasteiger partial charge in [0.15, 0.2) is 0 Å². The van der Waals surface area contributed by atoms with Gasteiger partial charge in [-0.25, -0.2) is 4.98 Å². The van der Waals surface area contributed by atoms with Gasteiger partial charge in [-0.05, 0) is 37.5 Å². The Morgan fingerprint density at radius 1 is 1.19 bits per heavy atom. The van der Waals surface area contributed by atoms with Crippen molar-refractivity contribution in [2.24, 2.45) is 0 Å². The van der Waals surface area contributed by atoms with Gasteiger partial charge >= 0.3 is 0 Å². The fraction of sp³-hybridized carbons (Fsp3) is 0.542. The van der Waals surface area contributed by atoms with Crippen LogP contribution in [-0.4, -0.2) is 59.6 Å². The van der Waals surface area contributed by atoms with Crippen LogP contribution in [0.3, 0.4) is 0 Å². The number of ether oxygens (including phenoxy) is 1. The SMILES string of the molecule is CCOc1cccc(CNC(=O)c2cnc(N3CCN(C4CCCCC4)CC3)nc2N)c1. The second-order valence-electron chi connectivity index (χ2n) is 8.55. The third-order valence-electron chi connectivity index (χ3n) is 6.40. The molecule has 0 spiro atoms. The molecule has 0 radical (unpaired) electrons. The van der Waals surface area contributed by atoms with Crippen molar-refractivity contribution in [1.29, 1.82) is 0 Å². The molecule has 32 heavy (non-hydrogen) atoms. The smallest absolute Gasteiger partial charge is 0.256 e. The topological polar surface area (TPSA) is 96.6 Å². The number of aromatic nitrogens is 2. The molecule has 1 saturated heterocycles. The van der Waals surface area contributed by atoms with Crippen LogP contribution in [0.15, 0.2) is 30.5 Å². The highest BCUT2D eigenvalue weighted by molar-refractivity contribution is 5.98. The van der Waals surface area contributed by atoms with Crippen LogP contribution in [0, 0.1) is 0 Å². The van der Waals surface area contributed by atoms with E-state index in [0.717, 1.165) is 43.5 Å². The first-order chi connectivity index (χ1) is 15.6. The van der Waals surface area contributed by atoms with Crippen LogP contribution in [0.2, 0.25) is 0 Å². The lowest BCUT2D eigenvalue weighted by atomic mass is 9.94. The molecule has 1 aliphatic carbocycles. The lowest BCUT2D eigenvalue weighted by molar-refractivity contribution is 0.0951. The lowest BCUT2D eigenvalue weighted by Crippen LogP contribution is -2.51. The molecule has 1 aliphatic heterocycles. The van der Waals surface area contributed by atoms with Gasteiger partial charge in [0.05, 0.1) is 12.2 Å². The molecule has 2 aliphatic rings. The lowest BCUT2D eigenvalue weighted by Gasteiger charge is -2.40. The van der Waals surface area contributed by atoms with E-state index in [0.29, 0.717) is 24.7 Å². The second kappa shape index (κ2) is 10.6. The van der Waals surface area contributed by atoms with Gasteiger partial charge in [0.2, 0.25) is 5.95 Å². The molecule has 0 bridgehead atoms. The number of carbonyl (C=O) groups is 1. The number of amides is 1. The number of benzene rings is 1. The van der Waals surface area contributed by atoms with Gasteiger partial charge in [0, 0.05) is 45.0 Å². The number of anilines is 2. The summed E-state index contributed by atoms with van der Waals surface area (Å²) in [6, 6.07) is 8.40. The highest BCUT2D eigenvalue weighted by Crippen LogP contribution is 2.24. The zero-order chi connectivity index (χ0) is 22.3. The Morgan fingerprint density at radius 2 is 1.97 bits per heavy atom. The maximum atomic E-state index is 12.6. The van der Waals surface area contributed by atoms with Crippen LogP contribution >= 0.6 is 0 Å². The minimum atomic E-state index is -0.280. The molecule has 0 atom stereocenters. The van der Waals surface area contributed by atoms with Crippen molar-refractivity contribution in [3.63, 3.8) is 0 Å². The molecule has 2 heterocycles. The summed E-state index contributed by atoms with van der Waals surface area (Å²) in [5, 5.41) is 2.89. The molecular formula is C24H34N6O2. The van der Waals surface area contributed by atoms with Gasteiger partial charge in [-0.15, -0.1) is 0 Å². The van der Waals surface area contributed by atoms with Crippen LogP contribution in [0.5, 0.6) is 5.75 Å². The van der Waals surface area contributed by atoms with Gasteiger partial charge in [-0.3, -0.25) is 9.69 Å². The predicted molar refractivity (Wildman–Crippen MR) is 126 cm³/mol. The third kappa shape index (κ3) is 5.48. The van der Waals surface area contributed by atoms with Crippen LogP contribution in [0.25, 0.3) is 0 Å². The Balaban J connectivity index is 1.32. The largest absolute Gasteiger partial charge is 0.494 e. The Hall–Kier alpha value is -2.87. The molecule has 1 aromatic heterocycles. The minimum absolute atomic E-state index is 0.213. The number of piperazine rings is 1. The summed E-state index contributed by atoms with van der Waals surface area (Å²) in [7, 11) is 0. The molecule has 1 amide bonds. The van der Waals surface area contributed by atoms with E-state index in [2.05, 4.69) is 25.1 Å². The molecule has 172 valence electrons. The third-order valence-corrected chi connectivity index (χ3v) is 6.40. The molecule has 1 saturated carbocycles. The summed E-state index contributed by atoms with van der Waals surface area (Å²) in [4.78, 5) is 26.3. The molecule has 1 aromatic carbocycles. The van der Waals surface area contributed by atoms with E-state index in [4.69, 9.17) is 10.5 Å². The molecule has 0 unspecified atom stereocenters. The van der Waals surface area contributed by atoms with Gasteiger partial charge in [-0.1, -0.05) is 31.4 Å². The van der Waals surface area contributed by atoms with E-state index in [1.54, 1.807) is 0 Å². The monoisotopic (exact) mass is 438 g/mol. The predicted octanol–water partition coefficient (Wildman–Crippen LogP) is 2.84. The fourth-order valence-electron chi connectivity index (χ4n) is 4.64. The van der Waals surface area contributed by atoms with Gasteiger partial charge in [-0.2, -0.15) is 4.98 Å². The van der Waals surface area contributed by atoms with Gasteiger partial charge in [0.25, 0.3) is 5.91 Å². The van der Waals surface area contributed by atoms with E-state index in [-0.39, 0.29) is 11.7 Å². The van der Waals surface area contributed by atoms with Crippen molar-refractivity contribution in [3.05, 3.63) is 41.6 Å². The fourth-order valence-corrected chi connectivity index (χ4v) is 4.64. The van der Waals surface area contributed by atoms with Crippen molar-refractivity contribution in [3.8, 4) is 5.75 Å². The number of nitrogens with one attached hydrogen (secondary N) is 1. The normalized spacial score (nSPS) is 17.8. The highest BCUT2D eigenvalue weighted by Gasteiger charge is 2.26. The average molecular weight is 439 g/mol. The number of carbonyl (C=O) groups excluding carboxylic acids is 1. The molecular weight excluding hydrogens is 404 g/mol. The van der Waals surface area contributed by atoms with Crippen LogP contribution in [0.1, 0.15) is 54.9 Å². The summed E-state index contributed by atoms with van der Waals surface area (Å²) in [6.45, 7) is 6.75. The number of nitrogen functional groups attached to an aromatic ring is 1. The van der Waals surface area contributed by atoms with E-state index in [9.17, 15) is 4.79 Å². The molecule has 8 nitrogen and oxygen atoms in total. The molecule has 3 N–H and O–H groups in total. The Bertz CT molecular complexity index is 907. The number of nitrogens with zero attached hydrogens (tertiary/aromatic N) is 4. The van der Waals surface area contributed by atoms with Gasteiger partial charge in [0.1, 0.15) is 11.6 Å². The summed E-state index contributed by atoms with van der Waals surface area (Å²) in [5.74, 6) is 1.32. The van der Waals surface area contributed by atoms with Crippen molar-refractivity contribution in [2.45, 2.75) is 51.6 Å². The van der Waals surface area contributed by atoms with Crippen LogP contribution < -0.4 is 20.7 Å². The van der Waals surface area contributed by atoms with E-state index < -0.39 is 0 Å². The number of nitrogens with two attached hydrogens (primary N) is 1. The van der Waals surface area contributed by atoms with Crippen molar-refractivity contribution in [1.82, 2.24) is 20.2 Å². The zero-order valence-corrected chi connectivity index (χ0v) is 18.9. The van der Waals surface area contributed by atoms with Crippen molar-refractivity contribution < 1.29 is 9.53 Å². The number of hydrogen-bond acceptors (Lipinski definition) is 7. The summed E-state index contributed by atoms with van der Waals surface area (Å²) >= 11 is 0. The first-order valence-corrected chi connectivity index (χ1v) is 11.8. The number of rotatable bonds is 7. The van der Waals surface area contributed by atoms with Crippen molar-refractivity contribution in [2.75, 3.05) is 43.4 Å². The Morgan fingerprint density at radius 3 is 2.69 bits per heavy atom. The van der Waals surface area contributed by atoms with E-state index in [1.165, 1.54) is 38.3 Å². The maximum absolute atomic E-state index is 12.6.